The van der Waals surface area contributed by atoms with Gasteiger partial charge in [0.05, 0.1) is 19.3 Å². The number of methoxy groups -OCH3 is 1. The van der Waals surface area contributed by atoms with Crippen LogP contribution < -0.4 is 5.32 Å². The number of ether oxygens (including phenoxy) is 1. The van der Waals surface area contributed by atoms with Crippen LogP contribution in [0.1, 0.15) is 5.56 Å². The minimum absolute atomic E-state index is 0.237. The Morgan fingerprint density at radius 3 is 2.80 bits per heavy atom. The Hall–Kier alpha value is -1.10. The molecule has 1 rings (SSSR count). The lowest BCUT2D eigenvalue weighted by Gasteiger charge is -2.13. The molecule has 1 atom stereocenters. The Morgan fingerprint density at radius 1 is 1.40 bits per heavy atom. The maximum absolute atomic E-state index is 9.20. The molecule has 0 amide bonds. The van der Waals surface area contributed by atoms with Crippen LogP contribution in [0.25, 0.3) is 0 Å². The van der Waals surface area contributed by atoms with Crippen LogP contribution in [0.5, 0.6) is 0 Å². The van der Waals surface area contributed by atoms with Gasteiger partial charge in [-0.2, -0.15) is 0 Å². The fourth-order valence-corrected chi connectivity index (χ4v) is 1.27. The van der Waals surface area contributed by atoms with Crippen LogP contribution in [-0.4, -0.2) is 36.6 Å². The molecule has 1 aromatic rings. The molecule has 0 aromatic heterocycles. The van der Waals surface area contributed by atoms with Gasteiger partial charge in [-0.15, -0.1) is 0 Å². The summed E-state index contributed by atoms with van der Waals surface area (Å²) in [4.78, 5) is 0. The lowest BCUT2D eigenvalue weighted by Crippen LogP contribution is -2.23. The van der Waals surface area contributed by atoms with E-state index in [1.165, 1.54) is 0 Å². The average Bonchev–Trinajstić information content (AvgIpc) is 2.28. The number of nitrogens with one attached hydrogen (secondary N) is 1. The number of hydrogen-bond donors (Lipinski definition) is 3. The van der Waals surface area contributed by atoms with Gasteiger partial charge in [-0.05, 0) is 6.07 Å². The summed E-state index contributed by atoms with van der Waals surface area (Å²) in [5.74, 6) is 0. The third-order valence-corrected chi connectivity index (χ3v) is 2.06. The van der Waals surface area contributed by atoms with Crippen molar-refractivity contribution in [3.63, 3.8) is 0 Å². The van der Waals surface area contributed by atoms with Crippen molar-refractivity contribution in [3.05, 3.63) is 29.8 Å². The molecule has 0 bridgehead atoms. The summed E-state index contributed by atoms with van der Waals surface area (Å²) in [6.07, 6.45) is -0.736. The molecule has 0 spiro atoms. The van der Waals surface area contributed by atoms with E-state index in [0.29, 0.717) is 13.2 Å². The van der Waals surface area contributed by atoms with E-state index in [1.54, 1.807) is 7.11 Å². The zero-order valence-electron chi connectivity index (χ0n) is 8.81. The quantitative estimate of drug-likeness (QED) is 0.644. The van der Waals surface area contributed by atoms with Crippen molar-refractivity contribution < 1.29 is 14.9 Å². The fraction of sp³-hybridized carbons (Fsp3) is 0.455. The molecule has 0 fully saturated rings. The van der Waals surface area contributed by atoms with E-state index in [-0.39, 0.29) is 6.61 Å². The number of hydrogen-bond acceptors (Lipinski definition) is 4. The molecular formula is C11H17NO3. The Bertz CT molecular complexity index is 291. The number of anilines is 1. The van der Waals surface area contributed by atoms with Crippen molar-refractivity contribution >= 4 is 5.69 Å². The van der Waals surface area contributed by atoms with Crippen LogP contribution >= 0.6 is 0 Å². The zero-order valence-corrected chi connectivity index (χ0v) is 8.81. The molecule has 4 heteroatoms. The van der Waals surface area contributed by atoms with Gasteiger partial charge in [0, 0.05) is 24.9 Å². The molecule has 15 heavy (non-hydrogen) atoms. The van der Waals surface area contributed by atoms with E-state index in [1.807, 2.05) is 24.3 Å². The van der Waals surface area contributed by atoms with Crippen LogP contribution in [0, 0.1) is 0 Å². The van der Waals surface area contributed by atoms with Crippen molar-refractivity contribution in [2.45, 2.75) is 12.7 Å². The minimum atomic E-state index is -0.736. The number of rotatable bonds is 6. The van der Waals surface area contributed by atoms with Gasteiger partial charge < -0.3 is 20.3 Å². The highest BCUT2D eigenvalue weighted by Gasteiger charge is 2.04. The third kappa shape index (κ3) is 3.87. The van der Waals surface area contributed by atoms with Gasteiger partial charge in [0.15, 0.2) is 0 Å². The van der Waals surface area contributed by atoms with Gasteiger partial charge in [0.2, 0.25) is 0 Å². The lowest BCUT2D eigenvalue weighted by atomic mass is 10.2. The lowest BCUT2D eigenvalue weighted by molar-refractivity contribution is 0.105. The average molecular weight is 211 g/mol. The fourth-order valence-electron chi connectivity index (χ4n) is 1.27. The van der Waals surface area contributed by atoms with E-state index < -0.39 is 6.10 Å². The van der Waals surface area contributed by atoms with E-state index in [4.69, 9.17) is 9.84 Å². The Kier molecular flexibility index (Phi) is 5.10. The molecule has 0 saturated carbocycles. The maximum atomic E-state index is 9.20. The Balaban J connectivity index is 2.58. The molecule has 0 aliphatic heterocycles. The summed E-state index contributed by atoms with van der Waals surface area (Å²) < 4.78 is 5.05. The molecule has 3 N–H and O–H groups in total. The molecular weight excluding hydrogens is 194 g/mol. The van der Waals surface area contributed by atoms with Crippen LogP contribution in [0.3, 0.4) is 0 Å². The molecule has 0 saturated heterocycles. The minimum Gasteiger partial charge on any atom is -0.394 e. The standard InChI is InChI=1S/C11H17NO3/c1-15-8-9-4-2-3-5-11(9)12-6-10(14)7-13/h2-5,10,12-14H,6-8H2,1H3. The maximum Gasteiger partial charge on any atom is 0.0942 e. The second-order valence-electron chi connectivity index (χ2n) is 3.31. The highest BCUT2D eigenvalue weighted by Crippen LogP contribution is 2.15. The van der Waals surface area contributed by atoms with Crippen LogP contribution in [-0.2, 0) is 11.3 Å². The van der Waals surface area contributed by atoms with Gasteiger partial charge in [0.1, 0.15) is 0 Å². The van der Waals surface area contributed by atoms with Crippen LogP contribution in [0.2, 0.25) is 0 Å². The summed E-state index contributed by atoms with van der Waals surface area (Å²) in [7, 11) is 1.64. The Labute approximate surface area is 89.5 Å². The summed E-state index contributed by atoms with van der Waals surface area (Å²) in [5, 5.41) is 20.9. The van der Waals surface area contributed by atoms with E-state index in [0.717, 1.165) is 11.3 Å². The normalized spacial score (nSPS) is 12.5. The van der Waals surface area contributed by atoms with Crippen molar-refractivity contribution in [3.8, 4) is 0 Å². The number of benzene rings is 1. The molecule has 84 valence electrons. The van der Waals surface area contributed by atoms with Gasteiger partial charge in [-0.25, -0.2) is 0 Å². The molecule has 0 radical (unpaired) electrons. The van der Waals surface area contributed by atoms with Crippen molar-refractivity contribution in [1.29, 1.82) is 0 Å². The molecule has 1 aromatic carbocycles. The molecule has 0 aliphatic rings. The SMILES string of the molecule is COCc1ccccc1NCC(O)CO. The zero-order chi connectivity index (χ0) is 11.1. The topological polar surface area (TPSA) is 61.7 Å². The largest absolute Gasteiger partial charge is 0.394 e. The number of para-hydroxylation sites is 1. The summed E-state index contributed by atoms with van der Waals surface area (Å²) >= 11 is 0. The summed E-state index contributed by atoms with van der Waals surface area (Å²) in [6, 6.07) is 7.71. The van der Waals surface area contributed by atoms with Crippen molar-refractivity contribution in [2.24, 2.45) is 0 Å². The summed E-state index contributed by atoms with van der Waals surface area (Å²) in [6.45, 7) is 0.620. The van der Waals surface area contributed by atoms with Crippen molar-refractivity contribution in [2.75, 3.05) is 25.6 Å². The number of aliphatic hydroxyl groups is 2. The first-order chi connectivity index (χ1) is 7.27. The predicted octanol–water partition coefficient (Wildman–Crippen LogP) is 0.598. The third-order valence-electron chi connectivity index (χ3n) is 2.06. The molecule has 1 unspecified atom stereocenters. The second kappa shape index (κ2) is 6.40. The first kappa shape index (κ1) is 12.0. The van der Waals surface area contributed by atoms with E-state index >= 15 is 0 Å². The van der Waals surface area contributed by atoms with Crippen LogP contribution in [0.15, 0.2) is 24.3 Å². The van der Waals surface area contributed by atoms with E-state index in [9.17, 15) is 5.11 Å². The van der Waals surface area contributed by atoms with Crippen molar-refractivity contribution in [1.82, 2.24) is 0 Å². The number of aliphatic hydroxyl groups excluding tert-OH is 2. The van der Waals surface area contributed by atoms with Gasteiger partial charge in [-0.1, -0.05) is 18.2 Å². The first-order valence-corrected chi connectivity index (χ1v) is 4.87. The smallest absolute Gasteiger partial charge is 0.0942 e. The monoisotopic (exact) mass is 211 g/mol. The second-order valence-corrected chi connectivity index (χ2v) is 3.31. The first-order valence-electron chi connectivity index (χ1n) is 4.87. The molecule has 4 nitrogen and oxygen atoms in total. The summed E-state index contributed by atoms with van der Waals surface area (Å²) in [5.41, 5.74) is 1.96. The van der Waals surface area contributed by atoms with Crippen LogP contribution in [0.4, 0.5) is 5.69 Å². The highest BCUT2D eigenvalue weighted by molar-refractivity contribution is 5.50. The molecule has 0 aliphatic carbocycles. The molecule has 0 heterocycles. The van der Waals surface area contributed by atoms with E-state index in [2.05, 4.69) is 5.32 Å². The Morgan fingerprint density at radius 2 is 2.13 bits per heavy atom. The predicted molar refractivity (Wildman–Crippen MR) is 58.7 cm³/mol. The van der Waals surface area contributed by atoms with Gasteiger partial charge >= 0.3 is 0 Å². The van der Waals surface area contributed by atoms with Gasteiger partial charge in [0.25, 0.3) is 0 Å². The highest BCUT2D eigenvalue weighted by atomic mass is 16.5. The van der Waals surface area contributed by atoms with Gasteiger partial charge in [-0.3, -0.25) is 0 Å².